The van der Waals surface area contributed by atoms with E-state index in [0.717, 1.165) is 10.1 Å². The van der Waals surface area contributed by atoms with Gasteiger partial charge in [0, 0.05) is 0 Å². The predicted molar refractivity (Wildman–Crippen MR) is 80.0 cm³/mol. The third kappa shape index (κ3) is 3.85. The Morgan fingerprint density at radius 2 is 2.29 bits per heavy atom. The Morgan fingerprint density at radius 1 is 1.43 bits per heavy atom. The van der Waals surface area contributed by atoms with Crippen molar-refractivity contribution in [2.45, 2.75) is 10.4 Å². The third-order valence-corrected chi connectivity index (χ3v) is 4.62. The van der Waals surface area contributed by atoms with Gasteiger partial charge in [-0.1, -0.05) is 35.2 Å². The molecular weight excluding hydrogens is 310 g/mol. The number of ether oxygens (including phenoxy) is 2. The van der Waals surface area contributed by atoms with Crippen LogP contribution in [-0.4, -0.2) is 41.1 Å². The summed E-state index contributed by atoms with van der Waals surface area (Å²) in [5.41, 5.74) is 1.64. The van der Waals surface area contributed by atoms with Crippen molar-refractivity contribution in [3.63, 3.8) is 0 Å². The number of thioether (sulfide) groups is 1. The van der Waals surface area contributed by atoms with Crippen molar-refractivity contribution in [1.29, 1.82) is 0 Å². The van der Waals surface area contributed by atoms with E-state index in [9.17, 15) is 4.79 Å². The molecular formula is C13H13N3O3S2. The number of amides is 1. The van der Waals surface area contributed by atoms with Crippen molar-refractivity contribution < 1.29 is 14.3 Å². The molecule has 1 N–H and O–H groups in total. The summed E-state index contributed by atoms with van der Waals surface area (Å²) in [7, 11) is 0. The lowest BCUT2D eigenvalue weighted by molar-refractivity contribution is -0.119. The number of carbonyl (C=O) groups is 1. The molecule has 2 aromatic rings. The minimum atomic E-state index is -0.171. The number of benzene rings is 1. The van der Waals surface area contributed by atoms with E-state index in [2.05, 4.69) is 15.5 Å². The number of hydrogen-bond acceptors (Lipinski definition) is 7. The molecule has 2 heterocycles. The van der Waals surface area contributed by atoms with E-state index >= 15 is 0 Å². The summed E-state index contributed by atoms with van der Waals surface area (Å²) in [6, 6.07) is 7.51. The summed E-state index contributed by atoms with van der Waals surface area (Å²) < 4.78 is 12.1. The standard InChI is InChI=1S/C13H13N3O3S2/c17-12(7-20-13-16-15-8-21-13)14-5-9-6-18-10-3-1-2-4-11(10)19-9/h1-4,8-9H,5-7H2,(H,14,17). The number of nitrogens with one attached hydrogen (secondary N) is 1. The molecule has 1 aromatic carbocycles. The van der Waals surface area contributed by atoms with Gasteiger partial charge >= 0.3 is 0 Å². The molecule has 1 atom stereocenters. The monoisotopic (exact) mass is 323 g/mol. The SMILES string of the molecule is O=C(CSc1nncs1)NCC1COc2ccccc2O1. The molecule has 1 aromatic heterocycles. The van der Waals surface area contributed by atoms with Crippen LogP contribution in [0, 0.1) is 0 Å². The molecule has 3 rings (SSSR count). The number of aromatic nitrogens is 2. The van der Waals surface area contributed by atoms with Crippen molar-refractivity contribution >= 4 is 29.0 Å². The van der Waals surface area contributed by atoms with Crippen molar-refractivity contribution in [3.8, 4) is 11.5 Å². The number of rotatable bonds is 5. The average Bonchev–Trinajstić information content (AvgIpc) is 3.04. The molecule has 0 aliphatic carbocycles. The molecule has 6 nitrogen and oxygen atoms in total. The fraction of sp³-hybridized carbons (Fsp3) is 0.308. The van der Waals surface area contributed by atoms with E-state index in [0.29, 0.717) is 24.7 Å². The van der Waals surface area contributed by atoms with Crippen LogP contribution in [0.1, 0.15) is 0 Å². The Hall–Kier alpha value is -1.80. The number of carbonyl (C=O) groups excluding carboxylic acids is 1. The van der Waals surface area contributed by atoms with Crippen LogP contribution in [0.2, 0.25) is 0 Å². The summed E-state index contributed by atoms with van der Waals surface area (Å²) in [6.07, 6.45) is -0.171. The van der Waals surface area contributed by atoms with E-state index in [1.54, 1.807) is 5.51 Å². The van der Waals surface area contributed by atoms with Gasteiger partial charge in [0.15, 0.2) is 15.8 Å². The second-order valence-electron chi connectivity index (χ2n) is 4.29. The first-order chi connectivity index (χ1) is 10.3. The van der Waals surface area contributed by atoms with Gasteiger partial charge in [-0.05, 0) is 12.1 Å². The highest BCUT2D eigenvalue weighted by Gasteiger charge is 2.20. The molecule has 110 valence electrons. The molecule has 0 spiro atoms. The first kappa shape index (κ1) is 14.2. The molecule has 8 heteroatoms. The van der Waals surface area contributed by atoms with Crippen LogP contribution in [0.5, 0.6) is 11.5 Å². The summed E-state index contributed by atoms with van der Waals surface area (Å²) in [5, 5.41) is 10.4. The normalized spacial score (nSPS) is 16.5. The van der Waals surface area contributed by atoms with Crippen molar-refractivity contribution in [3.05, 3.63) is 29.8 Å². The second kappa shape index (κ2) is 6.77. The van der Waals surface area contributed by atoms with Crippen LogP contribution >= 0.6 is 23.1 Å². The minimum Gasteiger partial charge on any atom is -0.486 e. The first-order valence-corrected chi connectivity index (χ1v) is 8.22. The summed E-state index contributed by atoms with van der Waals surface area (Å²) in [5.74, 6) is 1.72. The number of hydrogen-bond donors (Lipinski definition) is 1. The van der Waals surface area contributed by atoms with E-state index in [4.69, 9.17) is 9.47 Å². The largest absolute Gasteiger partial charge is 0.486 e. The first-order valence-electron chi connectivity index (χ1n) is 6.35. The van der Waals surface area contributed by atoms with Gasteiger partial charge in [0.2, 0.25) is 5.91 Å². The van der Waals surface area contributed by atoms with E-state index in [1.165, 1.54) is 23.1 Å². The zero-order chi connectivity index (χ0) is 14.5. The Balaban J connectivity index is 1.42. The Labute approximate surface area is 129 Å². The summed E-state index contributed by atoms with van der Waals surface area (Å²) in [6.45, 7) is 0.852. The fourth-order valence-corrected chi connectivity index (χ4v) is 3.11. The Bertz CT molecular complexity index is 606. The lowest BCUT2D eigenvalue weighted by Crippen LogP contribution is -2.41. The van der Waals surface area contributed by atoms with Gasteiger partial charge in [0.1, 0.15) is 18.2 Å². The molecule has 0 saturated heterocycles. The van der Waals surface area contributed by atoms with Crippen molar-refractivity contribution in [2.24, 2.45) is 0 Å². The molecule has 0 bridgehead atoms. The van der Waals surface area contributed by atoms with Crippen LogP contribution in [-0.2, 0) is 4.79 Å². The summed E-state index contributed by atoms with van der Waals surface area (Å²) >= 11 is 2.79. The lowest BCUT2D eigenvalue weighted by atomic mass is 10.2. The second-order valence-corrected chi connectivity index (χ2v) is 6.35. The Kier molecular flexibility index (Phi) is 4.56. The lowest BCUT2D eigenvalue weighted by Gasteiger charge is -2.26. The average molecular weight is 323 g/mol. The minimum absolute atomic E-state index is 0.0577. The number of para-hydroxylation sites is 2. The van der Waals surface area contributed by atoms with E-state index in [-0.39, 0.29) is 12.0 Å². The highest BCUT2D eigenvalue weighted by atomic mass is 32.2. The van der Waals surface area contributed by atoms with Crippen molar-refractivity contribution in [1.82, 2.24) is 15.5 Å². The maximum Gasteiger partial charge on any atom is 0.230 e. The van der Waals surface area contributed by atoms with Crippen molar-refractivity contribution in [2.75, 3.05) is 18.9 Å². The van der Waals surface area contributed by atoms with Crippen LogP contribution in [0.3, 0.4) is 0 Å². The molecule has 1 amide bonds. The Morgan fingerprint density at radius 3 is 3.10 bits per heavy atom. The zero-order valence-electron chi connectivity index (χ0n) is 11.0. The number of fused-ring (bicyclic) bond motifs is 1. The third-order valence-electron chi connectivity index (χ3n) is 2.76. The van der Waals surface area contributed by atoms with Crippen LogP contribution < -0.4 is 14.8 Å². The fourth-order valence-electron chi connectivity index (χ4n) is 1.80. The smallest absolute Gasteiger partial charge is 0.230 e. The highest BCUT2D eigenvalue weighted by Crippen LogP contribution is 2.30. The van der Waals surface area contributed by atoms with Crippen LogP contribution in [0.4, 0.5) is 0 Å². The maximum atomic E-state index is 11.8. The maximum absolute atomic E-state index is 11.8. The van der Waals surface area contributed by atoms with Gasteiger partial charge in [-0.15, -0.1) is 10.2 Å². The molecule has 1 aliphatic rings. The van der Waals surface area contributed by atoms with Gasteiger partial charge in [0.25, 0.3) is 0 Å². The number of nitrogens with zero attached hydrogens (tertiary/aromatic N) is 2. The van der Waals surface area contributed by atoms with E-state index in [1.807, 2.05) is 24.3 Å². The molecule has 1 unspecified atom stereocenters. The molecule has 0 fully saturated rings. The van der Waals surface area contributed by atoms with Crippen LogP contribution in [0.15, 0.2) is 34.1 Å². The molecule has 21 heavy (non-hydrogen) atoms. The molecule has 0 radical (unpaired) electrons. The topological polar surface area (TPSA) is 73.3 Å². The van der Waals surface area contributed by atoms with Gasteiger partial charge < -0.3 is 14.8 Å². The van der Waals surface area contributed by atoms with E-state index < -0.39 is 0 Å². The molecule has 1 aliphatic heterocycles. The predicted octanol–water partition coefficient (Wildman–Crippen LogP) is 1.59. The van der Waals surface area contributed by atoms with Gasteiger partial charge in [-0.3, -0.25) is 4.79 Å². The van der Waals surface area contributed by atoms with Gasteiger partial charge in [-0.25, -0.2) is 0 Å². The highest BCUT2D eigenvalue weighted by molar-refractivity contribution is 8.01. The zero-order valence-corrected chi connectivity index (χ0v) is 12.7. The summed E-state index contributed by atoms with van der Waals surface area (Å²) in [4.78, 5) is 11.8. The van der Waals surface area contributed by atoms with Gasteiger partial charge in [0.05, 0.1) is 12.3 Å². The van der Waals surface area contributed by atoms with Crippen LogP contribution in [0.25, 0.3) is 0 Å². The quantitative estimate of drug-likeness (QED) is 0.842. The molecule has 0 saturated carbocycles. The van der Waals surface area contributed by atoms with Gasteiger partial charge in [-0.2, -0.15) is 0 Å².